The van der Waals surface area contributed by atoms with Gasteiger partial charge in [-0.3, -0.25) is 5.84 Å². The lowest BCUT2D eigenvalue weighted by Crippen LogP contribution is -2.53. The molecule has 2 aliphatic rings. The number of hydrogen-bond donors (Lipinski definition) is 1. The Labute approximate surface area is 81.4 Å². The minimum Gasteiger partial charge on any atom is -0.269 e. The van der Waals surface area contributed by atoms with Crippen LogP contribution in [0, 0.1) is 16.7 Å². The van der Waals surface area contributed by atoms with Crippen LogP contribution in [0.2, 0.25) is 0 Å². The molecule has 2 fully saturated rings. The second-order valence-electron chi connectivity index (χ2n) is 5.98. The van der Waals surface area contributed by atoms with E-state index in [-0.39, 0.29) is 0 Å². The van der Waals surface area contributed by atoms with Gasteiger partial charge in [0.15, 0.2) is 0 Å². The van der Waals surface area contributed by atoms with Gasteiger partial charge >= 0.3 is 0 Å². The largest absolute Gasteiger partial charge is 0.269 e. The lowest BCUT2D eigenvalue weighted by molar-refractivity contribution is 0.0193. The fourth-order valence-electron chi connectivity index (χ4n) is 4.29. The maximum Gasteiger partial charge on any atom is 0.0345 e. The molecule has 0 amide bonds. The highest BCUT2D eigenvalue weighted by Crippen LogP contribution is 2.63. The molecule has 2 rings (SSSR count). The Morgan fingerprint density at radius 3 is 2.23 bits per heavy atom. The molecular weight excluding hydrogens is 160 g/mol. The topological polar surface area (TPSA) is 29.3 Å². The molecule has 0 aromatic carbocycles. The highest BCUT2D eigenvalue weighted by atomic mass is 15.4. The van der Waals surface area contributed by atoms with Crippen LogP contribution < -0.4 is 5.84 Å². The van der Waals surface area contributed by atoms with Crippen molar-refractivity contribution in [2.45, 2.75) is 46.1 Å². The Bertz CT molecular complexity index is 217. The van der Waals surface area contributed by atoms with Gasteiger partial charge in [-0.1, -0.05) is 20.8 Å². The number of nitrogens with two attached hydrogens (primary N) is 1. The van der Waals surface area contributed by atoms with Gasteiger partial charge < -0.3 is 0 Å². The van der Waals surface area contributed by atoms with Crippen LogP contribution in [0.5, 0.6) is 0 Å². The maximum atomic E-state index is 5.98. The summed E-state index contributed by atoms with van der Waals surface area (Å²) < 4.78 is 0. The van der Waals surface area contributed by atoms with Gasteiger partial charge in [0.2, 0.25) is 0 Å². The van der Waals surface area contributed by atoms with Crippen LogP contribution >= 0.6 is 0 Å². The van der Waals surface area contributed by atoms with Crippen molar-refractivity contribution in [2.75, 3.05) is 7.05 Å². The van der Waals surface area contributed by atoms with Crippen LogP contribution in [0.3, 0.4) is 0 Å². The van der Waals surface area contributed by atoms with Crippen molar-refractivity contribution in [1.29, 1.82) is 0 Å². The van der Waals surface area contributed by atoms with E-state index in [4.69, 9.17) is 5.84 Å². The van der Waals surface area contributed by atoms with Crippen LogP contribution in [-0.4, -0.2) is 18.1 Å². The fourth-order valence-corrected chi connectivity index (χ4v) is 4.29. The van der Waals surface area contributed by atoms with E-state index in [0.29, 0.717) is 16.9 Å². The Balaban J connectivity index is 2.34. The summed E-state index contributed by atoms with van der Waals surface area (Å²) in [6, 6.07) is 0.568. The fraction of sp³-hybridized carbons (Fsp3) is 1.00. The molecular formula is C11H22N2. The van der Waals surface area contributed by atoms with Crippen LogP contribution in [0.25, 0.3) is 0 Å². The Morgan fingerprint density at radius 2 is 1.92 bits per heavy atom. The van der Waals surface area contributed by atoms with E-state index in [2.05, 4.69) is 20.8 Å². The molecule has 0 aromatic rings. The van der Waals surface area contributed by atoms with Gasteiger partial charge in [-0.05, 0) is 36.0 Å². The summed E-state index contributed by atoms with van der Waals surface area (Å²) >= 11 is 0. The average Bonchev–Trinajstić information content (AvgIpc) is 2.36. The van der Waals surface area contributed by atoms with E-state index < -0.39 is 0 Å². The molecule has 2 bridgehead atoms. The quantitative estimate of drug-likeness (QED) is 0.496. The molecule has 0 radical (unpaired) electrons. The monoisotopic (exact) mass is 182 g/mol. The second-order valence-corrected chi connectivity index (χ2v) is 5.98. The maximum absolute atomic E-state index is 5.98. The molecule has 76 valence electrons. The third-order valence-electron chi connectivity index (χ3n) is 4.60. The number of hydrogen-bond acceptors (Lipinski definition) is 2. The van der Waals surface area contributed by atoms with Crippen molar-refractivity contribution in [1.82, 2.24) is 5.01 Å². The first-order chi connectivity index (χ1) is 5.88. The normalized spacial score (nSPS) is 47.5. The summed E-state index contributed by atoms with van der Waals surface area (Å²) in [6.07, 6.45) is 4.16. The van der Waals surface area contributed by atoms with E-state index in [1.54, 1.807) is 0 Å². The van der Waals surface area contributed by atoms with Crippen LogP contribution in [-0.2, 0) is 0 Å². The summed E-state index contributed by atoms with van der Waals surface area (Å²) in [7, 11) is 2.03. The van der Waals surface area contributed by atoms with E-state index in [0.717, 1.165) is 5.92 Å². The van der Waals surface area contributed by atoms with Crippen molar-refractivity contribution < 1.29 is 0 Å². The summed E-state index contributed by atoms with van der Waals surface area (Å²) in [5.41, 5.74) is 0.897. The zero-order valence-electron chi connectivity index (χ0n) is 9.30. The molecule has 13 heavy (non-hydrogen) atoms. The predicted octanol–water partition coefficient (Wildman–Crippen LogP) is 2.01. The van der Waals surface area contributed by atoms with Gasteiger partial charge in [0.25, 0.3) is 0 Å². The molecule has 3 unspecified atom stereocenters. The van der Waals surface area contributed by atoms with Gasteiger partial charge in [-0.15, -0.1) is 0 Å². The summed E-state index contributed by atoms with van der Waals surface area (Å²) in [4.78, 5) is 0. The smallest absolute Gasteiger partial charge is 0.0345 e. The van der Waals surface area contributed by atoms with E-state index in [1.807, 2.05) is 12.1 Å². The Hall–Kier alpha value is -0.0800. The molecule has 2 nitrogen and oxygen atoms in total. The molecule has 0 aliphatic heterocycles. The van der Waals surface area contributed by atoms with E-state index >= 15 is 0 Å². The zero-order valence-corrected chi connectivity index (χ0v) is 9.30. The van der Waals surface area contributed by atoms with Gasteiger partial charge in [-0.25, -0.2) is 5.01 Å². The highest BCUT2D eigenvalue weighted by Gasteiger charge is 2.60. The number of rotatable bonds is 1. The SMILES string of the molecule is CN(N)C1C2(C)CCC(C2)C1(C)C. The molecule has 0 spiro atoms. The van der Waals surface area contributed by atoms with Crippen molar-refractivity contribution in [3.63, 3.8) is 0 Å². The third-order valence-corrected chi connectivity index (χ3v) is 4.60. The molecule has 2 aliphatic carbocycles. The van der Waals surface area contributed by atoms with Gasteiger partial charge in [0, 0.05) is 13.1 Å². The van der Waals surface area contributed by atoms with Crippen LogP contribution in [0.4, 0.5) is 0 Å². The van der Waals surface area contributed by atoms with Gasteiger partial charge in [-0.2, -0.15) is 0 Å². The first-order valence-corrected chi connectivity index (χ1v) is 5.35. The summed E-state index contributed by atoms with van der Waals surface area (Å²) in [5.74, 6) is 6.88. The minimum atomic E-state index is 0.413. The molecule has 2 heteroatoms. The summed E-state index contributed by atoms with van der Waals surface area (Å²) in [6.45, 7) is 7.18. The van der Waals surface area contributed by atoms with Crippen molar-refractivity contribution in [3.8, 4) is 0 Å². The second kappa shape index (κ2) is 2.48. The van der Waals surface area contributed by atoms with E-state index in [1.165, 1.54) is 19.3 Å². The Kier molecular flexibility index (Phi) is 1.81. The standard InChI is InChI=1S/C11H22N2/c1-10(2)8-5-6-11(3,7-8)9(10)13(4)12/h8-9H,5-7,12H2,1-4H3. The lowest BCUT2D eigenvalue weighted by atomic mass is 9.68. The molecule has 2 saturated carbocycles. The third kappa shape index (κ3) is 1.08. The van der Waals surface area contributed by atoms with Crippen molar-refractivity contribution in [2.24, 2.45) is 22.6 Å². The van der Waals surface area contributed by atoms with Crippen LogP contribution in [0.1, 0.15) is 40.0 Å². The van der Waals surface area contributed by atoms with Gasteiger partial charge in [0.05, 0.1) is 0 Å². The Morgan fingerprint density at radius 1 is 1.31 bits per heavy atom. The predicted molar refractivity (Wildman–Crippen MR) is 55.0 cm³/mol. The molecule has 0 aromatic heterocycles. The average molecular weight is 182 g/mol. The lowest BCUT2D eigenvalue weighted by Gasteiger charge is -2.45. The molecule has 0 saturated heterocycles. The van der Waals surface area contributed by atoms with Gasteiger partial charge in [0.1, 0.15) is 0 Å². The first kappa shape index (κ1) is 9.47. The van der Waals surface area contributed by atoms with Crippen LogP contribution in [0.15, 0.2) is 0 Å². The molecule has 0 heterocycles. The van der Waals surface area contributed by atoms with Crippen molar-refractivity contribution in [3.05, 3.63) is 0 Å². The van der Waals surface area contributed by atoms with E-state index in [9.17, 15) is 0 Å². The number of fused-ring (bicyclic) bond motifs is 2. The van der Waals surface area contributed by atoms with Crippen molar-refractivity contribution >= 4 is 0 Å². The minimum absolute atomic E-state index is 0.413. The summed E-state index contributed by atoms with van der Waals surface area (Å²) in [5, 5.41) is 1.96. The number of hydrazine groups is 1. The first-order valence-electron chi connectivity index (χ1n) is 5.35. The molecule has 2 N–H and O–H groups in total. The zero-order chi connectivity index (χ0) is 9.85. The number of nitrogens with zero attached hydrogens (tertiary/aromatic N) is 1. The highest BCUT2D eigenvalue weighted by molar-refractivity contribution is 5.11. The molecule has 3 atom stereocenters.